The molecule has 38 heavy (non-hydrogen) atoms. The Labute approximate surface area is 220 Å². The van der Waals surface area contributed by atoms with E-state index in [1.54, 1.807) is 36.4 Å². The zero-order valence-corrected chi connectivity index (χ0v) is 21.1. The molecule has 0 amide bonds. The van der Waals surface area contributed by atoms with Crippen LogP contribution in [0.25, 0.3) is 21.7 Å². The normalized spacial score (nSPS) is 15.3. The summed E-state index contributed by atoms with van der Waals surface area (Å²) in [4.78, 5) is 17.5. The molecule has 1 saturated heterocycles. The van der Waals surface area contributed by atoms with Crippen molar-refractivity contribution in [2.24, 2.45) is 0 Å². The van der Waals surface area contributed by atoms with Gasteiger partial charge in [-0.15, -0.1) is 0 Å². The molecule has 5 aromatic rings. The Hall–Kier alpha value is -4.42. The molecule has 6 rings (SSSR count). The second-order valence-electron chi connectivity index (χ2n) is 9.39. The molecule has 0 N–H and O–H groups in total. The number of benzene rings is 4. The van der Waals surface area contributed by atoms with Crippen LogP contribution in [0.1, 0.15) is 35.2 Å². The molecule has 0 saturated carbocycles. The zero-order valence-electron chi connectivity index (χ0n) is 21.1. The first-order valence-corrected chi connectivity index (χ1v) is 12.8. The summed E-state index contributed by atoms with van der Waals surface area (Å²) in [6, 6.07) is 28.0. The van der Waals surface area contributed by atoms with Crippen LogP contribution in [-0.2, 0) is 4.74 Å². The number of aryl methyl sites for hydroxylation is 1. The van der Waals surface area contributed by atoms with Crippen LogP contribution in [0.15, 0.2) is 91.0 Å². The SMILES string of the molecule is Cc1ccc2c(c1)nc(Oc1ccc(OC3CCCCO3)cc1)c1cc(OC(=O)c3ccccc3)ccc12. The lowest BCUT2D eigenvalue weighted by molar-refractivity contribution is -0.105. The van der Waals surface area contributed by atoms with Crippen molar-refractivity contribution in [1.82, 2.24) is 4.98 Å². The van der Waals surface area contributed by atoms with Crippen LogP contribution in [0.3, 0.4) is 0 Å². The lowest BCUT2D eigenvalue weighted by Crippen LogP contribution is -2.24. The fraction of sp³-hybridized carbons (Fsp3) is 0.188. The van der Waals surface area contributed by atoms with Gasteiger partial charge in [0, 0.05) is 17.2 Å². The summed E-state index contributed by atoms with van der Waals surface area (Å²) in [5, 5.41) is 2.70. The summed E-state index contributed by atoms with van der Waals surface area (Å²) < 4.78 is 23.6. The largest absolute Gasteiger partial charge is 0.465 e. The third-order valence-corrected chi connectivity index (χ3v) is 6.55. The highest BCUT2D eigenvalue weighted by Crippen LogP contribution is 2.36. The van der Waals surface area contributed by atoms with E-state index in [2.05, 4.69) is 12.1 Å². The Bertz CT molecular complexity index is 1590. The molecule has 1 aromatic heterocycles. The molecule has 0 bridgehead atoms. The summed E-state index contributed by atoms with van der Waals surface area (Å²) in [5.74, 6) is 1.77. The Morgan fingerprint density at radius 3 is 2.37 bits per heavy atom. The topological polar surface area (TPSA) is 66.9 Å². The van der Waals surface area contributed by atoms with Gasteiger partial charge in [-0.2, -0.15) is 0 Å². The lowest BCUT2D eigenvalue weighted by Gasteiger charge is -2.23. The number of carbonyl (C=O) groups excluding carboxylic acids is 1. The summed E-state index contributed by atoms with van der Waals surface area (Å²) in [5.41, 5.74) is 2.42. The number of carbonyl (C=O) groups is 1. The van der Waals surface area contributed by atoms with Gasteiger partial charge in [-0.1, -0.05) is 30.3 Å². The lowest BCUT2D eigenvalue weighted by atomic mass is 10.0. The maximum atomic E-state index is 12.7. The van der Waals surface area contributed by atoms with Crippen molar-refractivity contribution < 1.29 is 23.7 Å². The maximum absolute atomic E-state index is 12.7. The van der Waals surface area contributed by atoms with Crippen molar-refractivity contribution in [2.75, 3.05) is 6.61 Å². The molecule has 190 valence electrons. The molecule has 2 heterocycles. The van der Waals surface area contributed by atoms with Gasteiger partial charge in [0.1, 0.15) is 17.2 Å². The quantitative estimate of drug-likeness (QED) is 0.134. The first-order chi connectivity index (χ1) is 18.6. The predicted molar refractivity (Wildman–Crippen MR) is 146 cm³/mol. The van der Waals surface area contributed by atoms with E-state index in [1.165, 1.54) is 0 Å². The van der Waals surface area contributed by atoms with E-state index in [-0.39, 0.29) is 6.29 Å². The number of aromatic nitrogens is 1. The molecule has 0 spiro atoms. The highest BCUT2D eigenvalue weighted by Gasteiger charge is 2.17. The zero-order chi connectivity index (χ0) is 25.9. The Kier molecular flexibility index (Phi) is 6.63. The van der Waals surface area contributed by atoms with Crippen LogP contribution >= 0.6 is 0 Å². The van der Waals surface area contributed by atoms with E-state index < -0.39 is 5.97 Å². The summed E-state index contributed by atoms with van der Waals surface area (Å²) in [6.07, 6.45) is 2.87. The fourth-order valence-electron chi connectivity index (χ4n) is 4.60. The average molecular weight is 506 g/mol. The third kappa shape index (κ3) is 5.17. The van der Waals surface area contributed by atoms with Crippen LogP contribution in [-0.4, -0.2) is 23.9 Å². The first kappa shape index (κ1) is 23.9. The first-order valence-electron chi connectivity index (χ1n) is 12.8. The fourth-order valence-corrected chi connectivity index (χ4v) is 4.60. The van der Waals surface area contributed by atoms with Crippen LogP contribution < -0.4 is 14.2 Å². The number of ether oxygens (including phenoxy) is 4. The molecule has 1 aliphatic heterocycles. The van der Waals surface area contributed by atoms with E-state index in [0.29, 0.717) is 22.9 Å². The summed E-state index contributed by atoms with van der Waals surface area (Å²) in [6.45, 7) is 2.77. The highest BCUT2D eigenvalue weighted by molar-refractivity contribution is 6.08. The predicted octanol–water partition coefficient (Wildman–Crippen LogP) is 7.61. The summed E-state index contributed by atoms with van der Waals surface area (Å²) in [7, 11) is 0. The number of nitrogens with zero attached hydrogens (tertiary/aromatic N) is 1. The van der Waals surface area contributed by atoms with Gasteiger partial charge in [0.05, 0.1) is 17.7 Å². The van der Waals surface area contributed by atoms with Gasteiger partial charge >= 0.3 is 5.97 Å². The number of pyridine rings is 1. The van der Waals surface area contributed by atoms with Crippen molar-refractivity contribution in [1.29, 1.82) is 0 Å². The number of hydrogen-bond donors (Lipinski definition) is 0. The third-order valence-electron chi connectivity index (χ3n) is 6.55. The van der Waals surface area contributed by atoms with Crippen molar-refractivity contribution in [3.05, 3.63) is 102 Å². The minimum atomic E-state index is -0.422. The van der Waals surface area contributed by atoms with Crippen LogP contribution in [0.5, 0.6) is 23.1 Å². The molecule has 1 unspecified atom stereocenters. The average Bonchev–Trinajstić information content (AvgIpc) is 2.95. The smallest absolute Gasteiger partial charge is 0.343 e. The molecule has 1 fully saturated rings. The molecule has 4 aromatic carbocycles. The standard InChI is InChI=1S/C32H27NO5/c1-21-10-16-27-26-17-15-25(38-32(34)22-7-3-2-4-8-22)20-28(26)31(33-29(27)19-21)37-24-13-11-23(12-14-24)36-30-9-5-6-18-35-30/h2-4,7-8,10-17,19-20,30H,5-6,9,18H2,1H3. The van der Waals surface area contributed by atoms with Gasteiger partial charge in [-0.25, -0.2) is 9.78 Å². The van der Waals surface area contributed by atoms with E-state index in [0.717, 1.165) is 58.9 Å². The maximum Gasteiger partial charge on any atom is 0.343 e. The molecule has 0 radical (unpaired) electrons. The van der Waals surface area contributed by atoms with E-state index in [9.17, 15) is 4.79 Å². The monoisotopic (exact) mass is 505 g/mol. The van der Waals surface area contributed by atoms with Crippen molar-refractivity contribution in [3.63, 3.8) is 0 Å². The summed E-state index contributed by atoms with van der Waals surface area (Å²) >= 11 is 0. The number of hydrogen-bond acceptors (Lipinski definition) is 6. The Morgan fingerprint density at radius 1 is 0.816 bits per heavy atom. The van der Waals surface area contributed by atoms with Crippen molar-refractivity contribution in [2.45, 2.75) is 32.5 Å². The molecule has 6 heteroatoms. The molecular weight excluding hydrogens is 478 g/mol. The van der Waals surface area contributed by atoms with E-state index in [1.807, 2.05) is 49.4 Å². The van der Waals surface area contributed by atoms with Gasteiger partial charge in [0.2, 0.25) is 5.88 Å². The second kappa shape index (κ2) is 10.5. The van der Waals surface area contributed by atoms with Crippen LogP contribution in [0.2, 0.25) is 0 Å². The molecular formula is C32H27NO5. The molecule has 1 atom stereocenters. The van der Waals surface area contributed by atoms with Gasteiger partial charge in [-0.05, 0) is 91.4 Å². The highest BCUT2D eigenvalue weighted by atomic mass is 16.7. The minimum Gasteiger partial charge on any atom is -0.465 e. The Morgan fingerprint density at radius 2 is 1.58 bits per heavy atom. The second-order valence-corrected chi connectivity index (χ2v) is 9.39. The number of fused-ring (bicyclic) bond motifs is 3. The molecule has 6 nitrogen and oxygen atoms in total. The van der Waals surface area contributed by atoms with Crippen LogP contribution in [0, 0.1) is 6.92 Å². The van der Waals surface area contributed by atoms with Gasteiger partial charge in [0.15, 0.2) is 6.29 Å². The van der Waals surface area contributed by atoms with Gasteiger partial charge in [0.25, 0.3) is 0 Å². The number of rotatable bonds is 6. The van der Waals surface area contributed by atoms with Gasteiger partial charge in [-0.3, -0.25) is 0 Å². The number of esters is 1. The molecule has 0 aliphatic carbocycles. The minimum absolute atomic E-state index is 0.207. The van der Waals surface area contributed by atoms with Gasteiger partial charge < -0.3 is 18.9 Å². The van der Waals surface area contributed by atoms with E-state index in [4.69, 9.17) is 23.9 Å². The Balaban J connectivity index is 1.33. The van der Waals surface area contributed by atoms with E-state index >= 15 is 0 Å². The van der Waals surface area contributed by atoms with Crippen LogP contribution in [0.4, 0.5) is 0 Å². The molecule has 1 aliphatic rings. The van der Waals surface area contributed by atoms with Crippen molar-refractivity contribution in [3.8, 4) is 23.1 Å². The van der Waals surface area contributed by atoms with Crippen molar-refractivity contribution >= 4 is 27.6 Å².